The van der Waals surface area contributed by atoms with Crippen molar-refractivity contribution in [2.24, 2.45) is 0 Å². The van der Waals surface area contributed by atoms with Crippen molar-refractivity contribution in [1.82, 2.24) is 5.32 Å². The first kappa shape index (κ1) is 9.33. The van der Waals surface area contributed by atoms with Crippen LogP contribution in [0.4, 0.5) is 8.78 Å². The van der Waals surface area contributed by atoms with Crippen LogP contribution in [0.1, 0.15) is 12.8 Å². The first-order valence-corrected chi connectivity index (χ1v) is 6.02. The molecule has 6 heteroatoms. The highest BCUT2D eigenvalue weighted by Crippen LogP contribution is 2.43. The van der Waals surface area contributed by atoms with Crippen molar-refractivity contribution in [3.05, 3.63) is 0 Å². The molecule has 0 aromatic rings. The van der Waals surface area contributed by atoms with Crippen LogP contribution in [0, 0.1) is 0 Å². The van der Waals surface area contributed by atoms with E-state index in [-0.39, 0.29) is 25.1 Å². The molecule has 1 unspecified atom stereocenters. The maximum Gasteiger partial charge on any atom is 0.268 e. The normalized spacial score (nSPS) is 41.4. The third-order valence-corrected chi connectivity index (χ3v) is 4.67. The second kappa shape index (κ2) is 2.42. The third kappa shape index (κ3) is 1.27. The van der Waals surface area contributed by atoms with E-state index >= 15 is 0 Å². The van der Waals surface area contributed by atoms with Gasteiger partial charge in [0.05, 0.1) is 17.0 Å². The number of rotatable bonds is 0. The number of alkyl halides is 2. The zero-order chi connectivity index (χ0) is 9.74. The van der Waals surface area contributed by atoms with Crippen molar-refractivity contribution in [2.75, 3.05) is 18.1 Å². The van der Waals surface area contributed by atoms with E-state index in [1.54, 1.807) is 0 Å². The van der Waals surface area contributed by atoms with Gasteiger partial charge in [0.15, 0.2) is 9.84 Å². The zero-order valence-electron chi connectivity index (χ0n) is 7.02. The lowest BCUT2D eigenvalue weighted by Gasteiger charge is -2.28. The molecule has 13 heavy (non-hydrogen) atoms. The molecule has 0 aromatic carbocycles. The van der Waals surface area contributed by atoms with Crippen molar-refractivity contribution >= 4 is 9.84 Å². The molecule has 2 aliphatic rings. The van der Waals surface area contributed by atoms with Gasteiger partial charge >= 0.3 is 0 Å². The molecule has 0 aliphatic carbocycles. The fraction of sp³-hybridized carbons (Fsp3) is 1.00. The molecule has 0 saturated carbocycles. The van der Waals surface area contributed by atoms with Crippen molar-refractivity contribution < 1.29 is 17.2 Å². The second-order valence-corrected chi connectivity index (χ2v) is 5.99. The zero-order valence-corrected chi connectivity index (χ0v) is 7.83. The monoisotopic (exact) mass is 211 g/mol. The van der Waals surface area contributed by atoms with Gasteiger partial charge in [-0.15, -0.1) is 0 Å². The average Bonchev–Trinajstić information content (AvgIpc) is 2.39. The maximum absolute atomic E-state index is 13.3. The largest absolute Gasteiger partial charge is 0.305 e. The summed E-state index contributed by atoms with van der Waals surface area (Å²) in [6.45, 7) is 0.211. The fourth-order valence-corrected chi connectivity index (χ4v) is 4.12. The van der Waals surface area contributed by atoms with Crippen molar-refractivity contribution in [3.8, 4) is 0 Å². The SMILES string of the molecule is O=S1(=O)CCC2(C1)NCCC2(F)F. The molecule has 2 heterocycles. The topological polar surface area (TPSA) is 46.2 Å². The first-order chi connectivity index (χ1) is 5.87. The van der Waals surface area contributed by atoms with Gasteiger partial charge in [0.1, 0.15) is 0 Å². The molecular weight excluding hydrogens is 200 g/mol. The number of sulfone groups is 1. The Hall–Kier alpha value is -0.230. The molecule has 0 amide bonds. The minimum absolute atomic E-state index is 0.0440. The first-order valence-electron chi connectivity index (χ1n) is 4.20. The van der Waals surface area contributed by atoms with E-state index in [1.807, 2.05) is 0 Å². The summed E-state index contributed by atoms with van der Waals surface area (Å²) in [4.78, 5) is 0. The molecule has 76 valence electrons. The lowest BCUT2D eigenvalue weighted by Crippen LogP contribution is -2.52. The lowest BCUT2D eigenvalue weighted by molar-refractivity contribution is -0.0499. The summed E-state index contributed by atoms with van der Waals surface area (Å²) < 4.78 is 48.9. The van der Waals surface area contributed by atoms with Crippen LogP contribution in [0.15, 0.2) is 0 Å². The molecule has 0 aromatic heterocycles. The fourth-order valence-electron chi connectivity index (χ4n) is 2.10. The predicted molar refractivity (Wildman–Crippen MR) is 43.6 cm³/mol. The summed E-state index contributed by atoms with van der Waals surface area (Å²) in [6, 6.07) is 0. The quantitative estimate of drug-likeness (QED) is 0.621. The highest BCUT2D eigenvalue weighted by atomic mass is 32.2. The standard InChI is InChI=1S/C7H11F2NO2S/c8-7(9)1-3-10-6(7)2-4-13(11,12)5-6/h10H,1-5H2. The maximum atomic E-state index is 13.3. The van der Waals surface area contributed by atoms with E-state index in [9.17, 15) is 17.2 Å². The van der Waals surface area contributed by atoms with Gasteiger partial charge in [0.2, 0.25) is 0 Å². The van der Waals surface area contributed by atoms with E-state index < -0.39 is 27.1 Å². The Morgan fingerprint density at radius 3 is 2.31 bits per heavy atom. The van der Waals surface area contributed by atoms with Crippen LogP contribution in [0.2, 0.25) is 0 Å². The van der Waals surface area contributed by atoms with Gasteiger partial charge in [0.25, 0.3) is 5.92 Å². The highest BCUT2D eigenvalue weighted by Gasteiger charge is 2.61. The van der Waals surface area contributed by atoms with Crippen LogP contribution in [-0.4, -0.2) is 37.9 Å². The Balaban J connectivity index is 2.34. The average molecular weight is 211 g/mol. The lowest BCUT2D eigenvalue weighted by atomic mass is 9.93. The van der Waals surface area contributed by atoms with Crippen LogP contribution in [0.5, 0.6) is 0 Å². The predicted octanol–water partition coefficient (Wildman–Crippen LogP) is 0.172. The van der Waals surface area contributed by atoms with Crippen LogP contribution in [0.25, 0.3) is 0 Å². The summed E-state index contributed by atoms with van der Waals surface area (Å²) in [5.41, 5.74) is -1.45. The minimum atomic E-state index is -3.25. The summed E-state index contributed by atoms with van der Waals surface area (Å²) in [7, 11) is -3.25. The summed E-state index contributed by atoms with van der Waals surface area (Å²) in [5.74, 6) is -3.39. The van der Waals surface area contributed by atoms with E-state index in [0.717, 1.165) is 0 Å². The molecule has 2 fully saturated rings. The molecule has 0 bridgehead atoms. The van der Waals surface area contributed by atoms with Crippen molar-refractivity contribution in [2.45, 2.75) is 24.3 Å². The number of hydrogen-bond donors (Lipinski definition) is 1. The Bertz CT molecular complexity index is 327. The molecule has 3 nitrogen and oxygen atoms in total. The van der Waals surface area contributed by atoms with E-state index in [0.29, 0.717) is 0 Å². The Morgan fingerprint density at radius 1 is 1.23 bits per heavy atom. The highest BCUT2D eigenvalue weighted by molar-refractivity contribution is 7.91. The molecule has 1 N–H and O–H groups in total. The molecular formula is C7H11F2NO2S. The molecule has 1 atom stereocenters. The number of nitrogens with one attached hydrogen (secondary N) is 1. The van der Waals surface area contributed by atoms with Crippen LogP contribution in [0.3, 0.4) is 0 Å². The van der Waals surface area contributed by atoms with Crippen LogP contribution >= 0.6 is 0 Å². The van der Waals surface area contributed by atoms with Gasteiger partial charge in [-0.25, -0.2) is 17.2 Å². The van der Waals surface area contributed by atoms with Crippen LogP contribution in [-0.2, 0) is 9.84 Å². The molecule has 1 spiro atoms. The minimum Gasteiger partial charge on any atom is -0.305 e. The molecule has 2 aliphatic heterocycles. The number of halogens is 2. The van der Waals surface area contributed by atoms with Gasteiger partial charge in [-0.2, -0.15) is 0 Å². The Kier molecular flexibility index (Phi) is 1.73. The van der Waals surface area contributed by atoms with Gasteiger partial charge in [0, 0.05) is 13.0 Å². The number of hydrogen-bond acceptors (Lipinski definition) is 3. The Morgan fingerprint density at radius 2 is 1.92 bits per heavy atom. The Labute approximate surface area is 75.4 Å². The third-order valence-electron chi connectivity index (χ3n) is 2.91. The summed E-state index contributed by atoms with van der Waals surface area (Å²) >= 11 is 0. The van der Waals surface area contributed by atoms with E-state index in [2.05, 4.69) is 5.32 Å². The van der Waals surface area contributed by atoms with Crippen LogP contribution < -0.4 is 5.32 Å². The van der Waals surface area contributed by atoms with Crippen molar-refractivity contribution in [3.63, 3.8) is 0 Å². The van der Waals surface area contributed by atoms with Gasteiger partial charge in [-0.1, -0.05) is 0 Å². The second-order valence-electron chi connectivity index (χ2n) is 3.81. The summed E-state index contributed by atoms with van der Waals surface area (Å²) in [6.07, 6.45) is -0.204. The smallest absolute Gasteiger partial charge is 0.268 e. The van der Waals surface area contributed by atoms with Gasteiger partial charge in [-0.3, -0.25) is 0 Å². The summed E-state index contributed by atoms with van der Waals surface area (Å²) in [5, 5.41) is 2.65. The van der Waals surface area contributed by atoms with E-state index in [1.165, 1.54) is 0 Å². The van der Waals surface area contributed by atoms with Crippen molar-refractivity contribution in [1.29, 1.82) is 0 Å². The molecule has 2 saturated heterocycles. The van der Waals surface area contributed by atoms with E-state index in [4.69, 9.17) is 0 Å². The molecule has 0 radical (unpaired) electrons. The molecule has 2 rings (SSSR count). The van der Waals surface area contributed by atoms with Gasteiger partial charge in [-0.05, 0) is 6.42 Å². The van der Waals surface area contributed by atoms with Gasteiger partial charge < -0.3 is 5.32 Å².